The van der Waals surface area contributed by atoms with Crippen LogP contribution in [0.5, 0.6) is 0 Å². The predicted octanol–water partition coefficient (Wildman–Crippen LogP) is 2.24. The average Bonchev–Trinajstić information content (AvgIpc) is 2.54. The first kappa shape index (κ1) is 19.3. The van der Waals surface area contributed by atoms with Crippen LogP contribution in [0, 0.1) is 0 Å². The van der Waals surface area contributed by atoms with E-state index in [1.54, 1.807) is 28.3 Å². The second-order valence-corrected chi connectivity index (χ2v) is 8.74. The van der Waals surface area contributed by atoms with Crippen molar-refractivity contribution < 1.29 is 27.5 Å². The third-order valence-corrected chi connectivity index (χ3v) is 7.40. The van der Waals surface area contributed by atoms with Crippen LogP contribution in [-0.2, 0) is 27.5 Å². The molecular formula is C15H28O6Si. The highest BCUT2D eigenvalue weighted by molar-refractivity contribution is 6.64. The molecule has 0 spiro atoms. The first-order chi connectivity index (χ1) is 10.5. The van der Waals surface area contributed by atoms with E-state index in [1.165, 1.54) is 0 Å². The van der Waals surface area contributed by atoms with Crippen molar-refractivity contribution in [3.05, 3.63) is 12.2 Å². The van der Waals surface area contributed by atoms with Crippen molar-refractivity contribution in [1.29, 1.82) is 0 Å². The van der Waals surface area contributed by atoms with E-state index in [9.17, 15) is 4.79 Å². The molecular weight excluding hydrogens is 304 g/mol. The van der Waals surface area contributed by atoms with E-state index in [0.717, 1.165) is 19.3 Å². The molecule has 0 saturated carbocycles. The number of hydrogen-bond donors (Lipinski definition) is 0. The van der Waals surface area contributed by atoms with E-state index in [0.29, 0.717) is 31.6 Å². The molecule has 22 heavy (non-hydrogen) atoms. The molecule has 0 bridgehead atoms. The third-order valence-electron chi connectivity index (χ3n) is 4.02. The van der Waals surface area contributed by atoms with Gasteiger partial charge in [0.2, 0.25) is 0 Å². The van der Waals surface area contributed by atoms with Crippen LogP contribution in [0.15, 0.2) is 12.2 Å². The SMILES string of the molecule is C=C(C)C(=O)OCCCC1([Si](OC)(OC)OC)CCCCO1. The maximum absolute atomic E-state index is 11.4. The van der Waals surface area contributed by atoms with Crippen LogP contribution in [0.2, 0.25) is 0 Å². The van der Waals surface area contributed by atoms with Crippen LogP contribution in [0.25, 0.3) is 0 Å². The Labute approximate surface area is 134 Å². The Kier molecular flexibility index (Phi) is 7.71. The Morgan fingerprint density at radius 2 is 1.86 bits per heavy atom. The number of esters is 1. The molecule has 1 fully saturated rings. The molecule has 1 rings (SSSR count). The van der Waals surface area contributed by atoms with E-state index < -0.39 is 14.0 Å². The van der Waals surface area contributed by atoms with E-state index >= 15 is 0 Å². The van der Waals surface area contributed by atoms with Gasteiger partial charge in [0, 0.05) is 33.5 Å². The highest BCUT2D eigenvalue weighted by atomic mass is 28.4. The van der Waals surface area contributed by atoms with Crippen LogP contribution in [0.1, 0.15) is 39.0 Å². The summed E-state index contributed by atoms with van der Waals surface area (Å²) in [6.07, 6.45) is 4.20. The van der Waals surface area contributed by atoms with Crippen molar-refractivity contribution in [1.82, 2.24) is 0 Å². The molecule has 1 heterocycles. The van der Waals surface area contributed by atoms with Crippen molar-refractivity contribution in [2.45, 2.75) is 44.3 Å². The molecule has 0 radical (unpaired) electrons. The largest absolute Gasteiger partial charge is 0.533 e. The minimum Gasteiger partial charge on any atom is -0.462 e. The lowest BCUT2D eigenvalue weighted by molar-refractivity contribution is -0.139. The highest BCUT2D eigenvalue weighted by Crippen LogP contribution is 2.39. The number of carbonyl (C=O) groups is 1. The highest BCUT2D eigenvalue weighted by Gasteiger charge is 2.61. The fourth-order valence-corrected chi connectivity index (χ4v) is 5.76. The van der Waals surface area contributed by atoms with Gasteiger partial charge in [-0.25, -0.2) is 4.79 Å². The van der Waals surface area contributed by atoms with Gasteiger partial charge in [-0.05, 0) is 39.0 Å². The summed E-state index contributed by atoms with van der Waals surface area (Å²) in [5.74, 6) is -0.368. The van der Waals surface area contributed by atoms with Gasteiger partial charge in [-0.1, -0.05) is 6.58 Å². The minimum atomic E-state index is -2.95. The molecule has 0 aromatic rings. The average molecular weight is 332 g/mol. The van der Waals surface area contributed by atoms with Gasteiger partial charge in [0.25, 0.3) is 0 Å². The van der Waals surface area contributed by atoms with Gasteiger partial charge in [0.15, 0.2) is 0 Å². The molecule has 128 valence electrons. The van der Waals surface area contributed by atoms with Crippen LogP contribution in [0.4, 0.5) is 0 Å². The normalized spacial score (nSPS) is 22.4. The van der Waals surface area contributed by atoms with Gasteiger partial charge in [0.1, 0.15) is 5.22 Å². The molecule has 1 aliphatic rings. The van der Waals surface area contributed by atoms with Crippen LogP contribution in [0.3, 0.4) is 0 Å². The number of carbonyl (C=O) groups excluding carboxylic acids is 1. The third kappa shape index (κ3) is 4.17. The molecule has 1 atom stereocenters. The summed E-state index contributed by atoms with van der Waals surface area (Å²) in [6, 6.07) is 0. The van der Waals surface area contributed by atoms with Crippen LogP contribution < -0.4 is 0 Å². The van der Waals surface area contributed by atoms with Crippen molar-refractivity contribution in [3.63, 3.8) is 0 Å². The molecule has 1 aliphatic heterocycles. The Hall–Kier alpha value is -0.733. The first-order valence-electron chi connectivity index (χ1n) is 7.59. The summed E-state index contributed by atoms with van der Waals surface area (Å²) in [5.41, 5.74) is 0.401. The maximum Gasteiger partial charge on any atom is 0.533 e. The Bertz CT molecular complexity index is 366. The lowest BCUT2D eigenvalue weighted by atomic mass is 10.0. The number of hydrogen-bond acceptors (Lipinski definition) is 6. The van der Waals surface area contributed by atoms with E-state index in [2.05, 4.69) is 6.58 Å². The summed E-state index contributed by atoms with van der Waals surface area (Å²) in [7, 11) is 1.85. The van der Waals surface area contributed by atoms with Gasteiger partial charge in [-0.3, -0.25) is 0 Å². The van der Waals surface area contributed by atoms with Gasteiger partial charge >= 0.3 is 14.8 Å². The maximum atomic E-state index is 11.4. The smallest absolute Gasteiger partial charge is 0.462 e. The Morgan fingerprint density at radius 1 is 1.23 bits per heavy atom. The second kappa shape index (κ2) is 8.78. The summed E-state index contributed by atoms with van der Waals surface area (Å²) < 4.78 is 28.2. The fraction of sp³-hybridized carbons (Fsp3) is 0.800. The molecule has 1 unspecified atom stereocenters. The zero-order valence-electron chi connectivity index (χ0n) is 14.1. The molecule has 0 aromatic heterocycles. The minimum absolute atomic E-state index is 0.318. The summed E-state index contributed by atoms with van der Waals surface area (Å²) in [6.45, 7) is 6.18. The molecule has 0 aromatic carbocycles. The first-order valence-corrected chi connectivity index (χ1v) is 9.31. The number of ether oxygens (including phenoxy) is 2. The summed E-state index contributed by atoms with van der Waals surface area (Å²) in [5, 5.41) is -0.570. The van der Waals surface area contributed by atoms with Gasteiger partial charge in [-0.15, -0.1) is 0 Å². The Balaban J connectivity index is 2.72. The predicted molar refractivity (Wildman–Crippen MR) is 84.3 cm³/mol. The van der Waals surface area contributed by atoms with E-state index in [-0.39, 0.29) is 5.97 Å². The molecule has 6 nitrogen and oxygen atoms in total. The lowest BCUT2D eigenvalue weighted by Crippen LogP contribution is -2.66. The lowest BCUT2D eigenvalue weighted by Gasteiger charge is -2.45. The molecule has 7 heteroatoms. The zero-order valence-corrected chi connectivity index (χ0v) is 15.1. The fourth-order valence-electron chi connectivity index (χ4n) is 2.90. The second-order valence-electron chi connectivity index (χ2n) is 5.49. The van der Waals surface area contributed by atoms with E-state index in [1.807, 2.05) is 0 Å². The molecule has 0 N–H and O–H groups in total. The zero-order chi connectivity index (χ0) is 16.6. The van der Waals surface area contributed by atoms with Crippen molar-refractivity contribution in [3.8, 4) is 0 Å². The summed E-state index contributed by atoms with van der Waals surface area (Å²) in [4.78, 5) is 11.4. The quantitative estimate of drug-likeness (QED) is 0.279. The van der Waals surface area contributed by atoms with Crippen LogP contribution in [-0.4, -0.2) is 54.5 Å². The molecule has 0 aliphatic carbocycles. The van der Waals surface area contributed by atoms with Crippen molar-refractivity contribution in [2.75, 3.05) is 34.5 Å². The standard InChI is InChI=1S/C15H28O6Si/c1-13(2)14(16)20-11-8-10-15(9-6-7-12-21-15)22(17-3,18-4)19-5/h1,6-12H2,2-5H3. The van der Waals surface area contributed by atoms with Gasteiger partial charge < -0.3 is 22.8 Å². The molecule has 1 saturated heterocycles. The van der Waals surface area contributed by atoms with Gasteiger partial charge in [-0.2, -0.15) is 0 Å². The topological polar surface area (TPSA) is 63.2 Å². The van der Waals surface area contributed by atoms with Crippen molar-refractivity contribution in [2.24, 2.45) is 0 Å². The molecule has 0 amide bonds. The monoisotopic (exact) mass is 332 g/mol. The van der Waals surface area contributed by atoms with Gasteiger partial charge in [0.05, 0.1) is 6.61 Å². The summed E-state index contributed by atoms with van der Waals surface area (Å²) >= 11 is 0. The van der Waals surface area contributed by atoms with E-state index in [4.69, 9.17) is 22.8 Å². The van der Waals surface area contributed by atoms with Crippen molar-refractivity contribution >= 4 is 14.8 Å². The number of rotatable bonds is 9. The van der Waals surface area contributed by atoms with Crippen LogP contribution >= 0.6 is 0 Å². The Morgan fingerprint density at radius 3 is 2.32 bits per heavy atom.